The van der Waals surface area contributed by atoms with E-state index in [0.29, 0.717) is 36.6 Å². The van der Waals surface area contributed by atoms with E-state index in [1.54, 1.807) is 0 Å². The fraction of sp³-hybridized carbons (Fsp3) is 0.500. The minimum atomic E-state index is -2.60. The maximum absolute atomic E-state index is 13.2. The van der Waals surface area contributed by atoms with Crippen LogP contribution >= 0.6 is 11.3 Å². The van der Waals surface area contributed by atoms with Gasteiger partial charge in [0.2, 0.25) is 0 Å². The van der Waals surface area contributed by atoms with E-state index in [9.17, 15) is 13.2 Å². The Hall–Kier alpha value is -1.71. The summed E-state index contributed by atoms with van der Waals surface area (Å²) in [6, 6.07) is 1.03. The molecule has 0 bridgehead atoms. The van der Waals surface area contributed by atoms with Crippen molar-refractivity contribution >= 4 is 11.3 Å². The molecule has 1 saturated heterocycles. The van der Waals surface area contributed by atoms with E-state index < -0.39 is 12.2 Å². The van der Waals surface area contributed by atoms with Gasteiger partial charge in [-0.15, -0.1) is 11.3 Å². The summed E-state index contributed by atoms with van der Waals surface area (Å²) in [4.78, 5) is 10.2. The van der Waals surface area contributed by atoms with Gasteiger partial charge in [-0.1, -0.05) is 0 Å². The van der Waals surface area contributed by atoms with Crippen LogP contribution in [0, 0.1) is 5.82 Å². The van der Waals surface area contributed by atoms with Gasteiger partial charge in [-0.05, 0) is 12.8 Å². The molecule has 0 aliphatic carbocycles. The topological polar surface area (TPSA) is 64.3 Å². The molecule has 0 aromatic carbocycles. The molecule has 1 aliphatic heterocycles. The third-order valence-electron chi connectivity index (χ3n) is 4.26. The molecule has 0 spiro atoms. The van der Waals surface area contributed by atoms with Gasteiger partial charge < -0.3 is 10.5 Å². The van der Waals surface area contributed by atoms with Crippen LogP contribution in [0.15, 0.2) is 24.0 Å². The van der Waals surface area contributed by atoms with Crippen molar-refractivity contribution in [1.29, 1.82) is 0 Å². The van der Waals surface area contributed by atoms with Gasteiger partial charge in [0.15, 0.2) is 0 Å². The molecular formula is C16H19F3N4OS. The van der Waals surface area contributed by atoms with Crippen LogP contribution in [0.1, 0.15) is 35.9 Å². The van der Waals surface area contributed by atoms with Gasteiger partial charge in [-0.25, -0.2) is 18.2 Å². The van der Waals surface area contributed by atoms with E-state index in [2.05, 4.69) is 14.9 Å². The van der Waals surface area contributed by atoms with E-state index in [1.165, 1.54) is 29.1 Å². The second-order valence-corrected chi connectivity index (χ2v) is 6.73. The van der Waals surface area contributed by atoms with Crippen molar-refractivity contribution in [3.8, 4) is 5.75 Å². The highest BCUT2D eigenvalue weighted by Crippen LogP contribution is 2.34. The molecule has 2 aromatic rings. The molecule has 2 N–H and O–H groups in total. The van der Waals surface area contributed by atoms with Gasteiger partial charge in [0.1, 0.15) is 23.4 Å². The number of rotatable bonds is 6. The molecule has 0 amide bonds. The highest BCUT2D eigenvalue weighted by atomic mass is 32.1. The molecule has 3 heterocycles. The quantitative estimate of drug-likeness (QED) is 0.844. The fourth-order valence-corrected chi connectivity index (χ4v) is 4.00. The van der Waals surface area contributed by atoms with Gasteiger partial charge in [0.25, 0.3) is 6.43 Å². The SMILES string of the molecule is NCC(c1scnc1C(F)F)N1CCC(Oc2cncc(F)c2)CC1. The molecule has 1 unspecified atom stereocenters. The first-order valence-electron chi connectivity index (χ1n) is 8.01. The number of halogens is 3. The Balaban J connectivity index is 1.61. The largest absolute Gasteiger partial charge is 0.489 e. The lowest BCUT2D eigenvalue weighted by Gasteiger charge is -2.36. The smallest absolute Gasteiger partial charge is 0.281 e. The number of alkyl halides is 2. The molecule has 136 valence electrons. The van der Waals surface area contributed by atoms with Gasteiger partial charge in [-0.2, -0.15) is 0 Å². The number of ether oxygens (including phenoxy) is 1. The maximum atomic E-state index is 13.2. The number of hydrogen-bond donors (Lipinski definition) is 1. The lowest BCUT2D eigenvalue weighted by atomic mass is 10.0. The highest BCUT2D eigenvalue weighted by Gasteiger charge is 2.30. The number of hydrogen-bond acceptors (Lipinski definition) is 6. The first-order valence-corrected chi connectivity index (χ1v) is 8.89. The number of thiazole rings is 1. The summed E-state index contributed by atoms with van der Waals surface area (Å²) in [5.41, 5.74) is 7.11. The fourth-order valence-electron chi connectivity index (χ4n) is 3.05. The van der Waals surface area contributed by atoms with Crippen molar-refractivity contribution in [2.45, 2.75) is 31.4 Å². The van der Waals surface area contributed by atoms with Gasteiger partial charge >= 0.3 is 0 Å². The van der Waals surface area contributed by atoms with Crippen LogP contribution in [0.2, 0.25) is 0 Å². The Morgan fingerprint density at radius 2 is 2.08 bits per heavy atom. The zero-order valence-corrected chi connectivity index (χ0v) is 14.3. The Labute approximate surface area is 147 Å². The number of nitrogens with two attached hydrogens (primary N) is 1. The van der Waals surface area contributed by atoms with Crippen LogP contribution in [0.25, 0.3) is 0 Å². The standard InChI is InChI=1S/C16H19F3N4OS/c17-10-5-12(8-21-7-10)24-11-1-3-23(4-2-11)13(6-20)15-14(16(18)19)22-9-25-15/h5,7-9,11,13,16H,1-4,6,20H2. The normalized spacial score (nSPS) is 17.8. The zero-order valence-electron chi connectivity index (χ0n) is 13.4. The molecular weight excluding hydrogens is 353 g/mol. The second-order valence-electron chi connectivity index (χ2n) is 5.85. The lowest BCUT2D eigenvalue weighted by molar-refractivity contribution is 0.0752. The average Bonchev–Trinajstić information content (AvgIpc) is 3.07. The van der Waals surface area contributed by atoms with Gasteiger partial charge in [0, 0.05) is 25.7 Å². The van der Waals surface area contributed by atoms with Crippen molar-refractivity contribution in [1.82, 2.24) is 14.9 Å². The molecule has 0 saturated carbocycles. The van der Waals surface area contributed by atoms with Crippen molar-refractivity contribution < 1.29 is 17.9 Å². The predicted octanol–water partition coefficient (Wildman–Crippen LogP) is 3.16. The summed E-state index contributed by atoms with van der Waals surface area (Å²) in [6.07, 6.45) is 1.35. The summed E-state index contributed by atoms with van der Waals surface area (Å²) in [7, 11) is 0. The number of likely N-dealkylation sites (tertiary alicyclic amines) is 1. The Morgan fingerprint density at radius 1 is 1.32 bits per heavy atom. The highest BCUT2D eigenvalue weighted by molar-refractivity contribution is 7.09. The summed E-state index contributed by atoms with van der Waals surface area (Å²) in [5.74, 6) is -0.0425. The van der Waals surface area contributed by atoms with Crippen LogP contribution in [-0.4, -0.2) is 40.6 Å². The van der Waals surface area contributed by atoms with Gasteiger partial charge in [0.05, 0.1) is 28.8 Å². The van der Waals surface area contributed by atoms with E-state index in [1.807, 2.05) is 0 Å². The molecule has 1 fully saturated rings. The van der Waals surface area contributed by atoms with Gasteiger partial charge in [-0.3, -0.25) is 9.88 Å². The molecule has 25 heavy (non-hydrogen) atoms. The van der Waals surface area contributed by atoms with E-state index >= 15 is 0 Å². The van der Waals surface area contributed by atoms with Crippen LogP contribution in [-0.2, 0) is 0 Å². The minimum Gasteiger partial charge on any atom is -0.489 e. The molecule has 2 aromatic heterocycles. The van der Waals surface area contributed by atoms with Crippen LogP contribution in [0.4, 0.5) is 13.2 Å². The summed E-state index contributed by atoms with van der Waals surface area (Å²) in [5, 5.41) is 0. The van der Waals surface area contributed by atoms with Crippen molar-refractivity contribution in [2.24, 2.45) is 5.73 Å². The Morgan fingerprint density at radius 3 is 2.72 bits per heavy atom. The number of piperidine rings is 1. The van der Waals surface area contributed by atoms with E-state index in [-0.39, 0.29) is 24.4 Å². The van der Waals surface area contributed by atoms with Crippen molar-refractivity contribution in [3.63, 3.8) is 0 Å². The van der Waals surface area contributed by atoms with Crippen molar-refractivity contribution in [2.75, 3.05) is 19.6 Å². The third-order valence-corrected chi connectivity index (χ3v) is 5.20. The third kappa shape index (κ3) is 4.28. The molecule has 1 atom stereocenters. The average molecular weight is 372 g/mol. The number of pyridine rings is 1. The molecule has 9 heteroatoms. The summed E-state index contributed by atoms with van der Waals surface area (Å²) >= 11 is 1.22. The van der Waals surface area contributed by atoms with E-state index in [4.69, 9.17) is 10.5 Å². The molecule has 5 nitrogen and oxygen atoms in total. The van der Waals surface area contributed by atoms with Crippen LogP contribution in [0.5, 0.6) is 5.75 Å². The van der Waals surface area contributed by atoms with Crippen LogP contribution < -0.4 is 10.5 Å². The minimum absolute atomic E-state index is 0.0608. The molecule has 3 rings (SSSR count). The van der Waals surface area contributed by atoms with Crippen LogP contribution in [0.3, 0.4) is 0 Å². The monoisotopic (exact) mass is 372 g/mol. The summed E-state index contributed by atoms with van der Waals surface area (Å²) < 4.78 is 45.1. The Kier molecular flexibility index (Phi) is 5.87. The molecule has 1 aliphatic rings. The zero-order chi connectivity index (χ0) is 17.8. The first kappa shape index (κ1) is 18.1. The Bertz CT molecular complexity index is 692. The predicted molar refractivity (Wildman–Crippen MR) is 88.3 cm³/mol. The number of nitrogens with zero attached hydrogens (tertiary/aromatic N) is 3. The summed E-state index contributed by atoms with van der Waals surface area (Å²) in [6.45, 7) is 1.58. The van der Waals surface area contributed by atoms with E-state index in [0.717, 1.165) is 6.20 Å². The molecule has 0 radical (unpaired) electrons. The lowest BCUT2D eigenvalue weighted by Crippen LogP contribution is -2.42. The maximum Gasteiger partial charge on any atom is 0.281 e. The second kappa shape index (κ2) is 8.11. The first-order chi connectivity index (χ1) is 12.1. The van der Waals surface area contributed by atoms with Crippen molar-refractivity contribution in [3.05, 3.63) is 40.4 Å². The number of aromatic nitrogens is 2.